The molecular formula is C16H28ClN3. The van der Waals surface area contributed by atoms with E-state index in [4.69, 9.17) is 11.6 Å². The highest BCUT2D eigenvalue weighted by atomic mass is 35.5. The topological polar surface area (TPSA) is 29.9 Å². The Bertz CT molecular complexity index is 488. The van der Waals surface area contributed by atoms with Crippen molar-refractivity contribution in [2.24, 2.45) is 16.7 Å². The smallest absolute Gasteiger partial charge is 0.0847 e. The van der Waals surface area contributed by atoms with E-state index in [2.05, 4.69) is 52.1 Å². The maximum atomic E-state index is 6.45. The number of halogens is 1. The Morgan fingerprint density at radius 1 is 1.30 bits per heavy atom. The highest BCUT2D eigenvalue weighted by Crippen LogP contribution is 2.69. The van der Waals surface area contributed by atoms with Crippen LogP contribution in [0.25, 0.3) is 0 Å². The Hall–Kier alpha value is -0.540. The van der Waals surface area contributed by atoms with E-state index in [1.165, 1.54) is 5.69 Å². The lowest BCUT2D eigenvalue weighted by atomic mass is 9.99. The predicted octanol–water partition coefficient (Wildman–Crippen LogP) is 3.68. The van der Waals surface area contributed by atoms with Crippen LogP contribution >= 0.6 is 11.6 Å². The van der Waals surface area contributed by atoms with Crippen molar-refractivity contribution in [3.8, 4) is 0 Å². The number of nitrogens with one attached hydrogen (secondary N) is 1. The van der Waals surface area contributed by atoms with Crippen LogP contribution in [0.3, 0.4) is 0 Å². The first-order valence-electron chi connectivity index (χ1n) is 7.57. The first-order chi connectivity index (χ1) is 9.18. The molecule has 20 heavy (non-hydrogen) atoms. The number of hydrogen-bond donors (Lipinski definition) is 1. The van der Waals surface area contributed by atoms with Crippen LogP contribution in [-0.4, -0.2) is 22.9 Å². The second kappa shape index (κ2) is 5.03. The maximum absolute atomic E-state index is 6.45. The Labute approximate surface area is 128 Å². The van der Waals surface area contributed by atoms with Crippen molar-refractivity contribution in [3.63, 3.8) is 0 Å². The van der Waals surface area contributed by atoms with Gasteiger partial charge in [-0.25, -0.2) is 0 Å². The fourth-order valence-electron chi connectivity index (χ4n) is 3.91. The molecule has 0 radical (unpaired) electrons. The molecule has 1 saturated carbocycles. The summed E-state index contributed by atoms with van der Waals surface area (Å²) in [4.78, 5) is 0. The van der Waals surface area contributed by atoms with Gasteiger partial charge in [-0.1, -0.05) is 39.3 Å². The molecule has 1 fully saturated rings. The standard InChI is InChI=1S/C16H28ClN3/c1-8-20-12(13(17)10(2)19-20)9-11(18-7)14-15(3,4)16(14,5)6/h11,14,18H,8-9H2,1-7H3. The molecule has 0 amide bonds. The summed E-state index contributed by atoms with van der Waals surface area (Å²) in [7, 11) is 2.06. The minimum absolute atomic E-state index is 0.374. The van der Waals surface area contributed by atoms with Gasteiger partial charge in [-0.2, -0.15) is 5.10 Å². The minimum atomic E-state index is 0.374. The van der Waals surface area contributed by atoms with Gasteiger partial charge in [-0.15, -0.1) is 0 Å². The zero-order valence-corrected chi connectivity index (χ0v) is 14.6. The number of hydrogen-bond acceptors (Lipinski definition) is 2. The summed E-state index contributed by atoms with van der Waals surface area (Å²) >= 11 is 6.45. The van der Waals surface area contributed by atoms with Crippen molar-refractivity contribution in [3.05, 3.63) is 16.4 Å². The van der Waals surface area contributed by atoms with Crippen LogP contribution < -0.4 is 5.32 Å². The summed E-state index contributed by atoms with van der Waals surface area (Å²) in [5, 5.41) is 8.87. The van der Waals surface area contributed by atoms with Gasteiger partial charge in [0.05, 0.1) is 16.4 Å². The Balaban J connectivity index is 2.25. The van der Waals surface area contributed by atoms with Crippen molar-refractivity contribution >= 4 is 11.6 Å². The van der Waals surface area contributed by atoms with Gasteiger partial charge < -0.3 is 5.32 Å². The van der Waals surface area contributed by atoms with E-state index in [0.29, 0.717) is 22.8 Å². The molecule has 1 aliphatic carbocycles. The van der Waals surface area contributed by atoms with E-state index in [-0.39, 0.29) is 0 Å². The van der Waals surface area contributed by atoms with Gasteiger partial charge in [0.2, 0.25) is 0 Å². The fraction of sp³-hybridized carbons (Fsp3) is 0.812. The van der Waals surface area contributed by atoms with Crippen molar-refractivity contribution in [1.29, 1.82) is 0 Å². The molecule has 1 heterocycles. The van der Waals surface area contributed by atoms with Crippen LogP contribution in [0.1, 0.15) is 46.0 Å². The van der Waals surface area contributed by atoms with Crippen LogP contribution in [0.15, 0.2) is 0 Å². The molecule has 0 spiro atoms. The SMILES string of the molecule is CCn1nc(C)c(Cl)c1CC(NC)C1C(C)(C)C1(C)C. The summed E-state index contributed by atoms with van der Waals surface area (Å²) < 4.78 is 2.05. The zero-order valence-electron chi connectivity index (χ0n) is 13.8. The van der Waals surface area contributed by atoms with Crippen molar-refractivity contribution < 1.29 is 0 Å². The average molecular weight is 298 g/mol. The summed E-state index contributed by atoms with van der Waals surface area (Å²) in [5.74, 6) is 0.663. The van der Waals surface area contributed by atoms with Crippen LogP contribution in [0.4, 0.5) is 0 Å². The van der Waals surface area contributed by atoms with E-state index in [0.717, 1.165) is 23.7 Å². The quantitative estimate of drug-likeness (QED) is 0.898. The molecule has 1 unspecified atom stereocenters. The average Bonchev–Trinajstić information content (AvgIpc) is 2.63. The van der Waals surface area contributed by atoms with E-state index in [1.54, 1.807) is 0 Å². The van der Waals surface area contributed by atoms with E-state index in [9.17, 15) is 0 Å². The van der Waals surface area contributed by atoms with Gasteiger partial charge in [-0.3, -0.25) is 4.68 Å². The Morgan fingerprint density at radius 3 is 2.25 bits per heavy atom. The van der Waals surface area contributed by atoms with Crippen LogP contribution in [0.2, 0.25) is 5.02 Å². The molecule has 1 aromatic heterocycles. The molecule has 3 nitrogen and oxygen atoms in total. The third-order valence-corrected chi connectivity index (χ3v) is 6.26. The third kappa shape index (κ3) is 2.19. The first kappa shape index (κ1) is 15.8. The molecule has 0 aromatic carbocycles. The highest BCUT2D eigenvalue weighted by molar-refractivity contribution is 6.31. The summed E-state index contributed by atoms with van der Waals surface area (Å²) in [6, 6.07) is 0.443. The van der Waals surface area contributed by atoms with Crippen molar-refractivity contribution in [2.45, 2.75) is 60.5 Å². The second-order valence-electron chi connectivity index (χ2n) is 7.18. The van der Waals surface area contributed by atoms with Gasteiger partial charge >= 0.3 is 0 Å². The number of rotatable bonds is 5. The maximum Gasteiger partial charge on any atom is 0.0847 e. The van der Waals surface area contributed by atoms with E-state index >= 15 is 0 Å². The van der Waals surface area contributed by atoms with Crippen molar-refractivity contribution in [2.75, 3.05) is 7.05 Å². The van der Waals surface area contributed by atoms with Crippen LogP contribution in [-0.2, 0) is 13.0 Å². The molecule has 4 heteroatoms. The molecule has 0 bridgehead atoms. The Morgan fingerprint density at radius 2 is 1.85 bits per heavy atom. The van der Waals surface area contributed by atoms with Gasteiger partial charge in [0.1, 0.15) is 0 Å². The third-order valence-electron chi connectivity index (χ3n) is 5.77. The van der Waals surface area contributed by atoms with E-state index in [1.807, 2.05) is 11.6 Å². The van der Waals surface area contributed by atoms with Gasteiger partial charge in [0.25, 0.3) is 0 Å². The molecule has 1 N–H and O–H groups in total. The monoisotopic (exact) mass is 297 g/mol. The number of aryl methyl sites for hydroxylation is 2. The molecule has 1 aliphatic rings. The van der Waals surface area contributed by atoms with Gasteiger partial charge in [0.15, 0.2) is 0 Å². The van der Waals surface area contributed by atoms with Crippen molar-refractivity contribution in [1.82, 2.24) is 15.1 Å². The molecular weight excluding hydrogens is 270 g/mol. The lowest BCUT2D eigenvalue weighted by molar-refractivity contribution is 0.410. The number of likely N-dealkylation sites (N-methyl/N-ethyl adjacent to an activating group) is 1. The minimum Gasteiger partial charge on any atom is -0.316 e. The summed E-state index contributed by atoms with van der Waals surface area (Å²) in [6.45, 7) is 14.4. The molecule has 114 valence electrons. The van der Waals surface area contributed by atoms with Gasteiger partial charge in [-0.05, 0) is 37.6 Å². The Kier molecular flexibility index (Phi) is 3.98. The predicted molar refractivity (Wildman–Crippen MR) is 85.3 cm³/mol. The van der Waals surface area contributed by atoms with Crippen LogP contribution in [0, 0.1) is 23.7 Å². The second-order valence-corrected chi connectivity index (χ2v) is 7.56. The van der Waals surface area contributed by atoms with Gasteiger partial charge in [0, 0.05) is 19.0 Å². The normalized spacial score (nSPS) is 22.0. The lowest BCUT2D eigenvalue weighted by Crippen LogP contribution is -2.33. The lowest BCUT2D eigenvalue weighted by Gasteiger charge is -2.19. The summed E-state index contributed by atoms with van der Waals surface area (Å²) in [5.41, 5.74) is 2.86. The van der Waals surface area contributed by atoms with E-state index < -0.39 is 0 Å². The molecule has 1 atom stereocenters. The molecule has 1 aromatic rings. The largest absolute Gasteiger partial charge is 0.316 e. The molecule has 2 rings (SSSR count). The zero-order chi connectivity index (χ0) is 15.3. The molecule has 0 aliphatic heterocycles. The number of nitrogens with zero attached hydrogens (tertiary/aromatic N) is 2. The first-order valence-corrected chi connectivity index (χ1v) is 7.95. The summed E-state index contributed by atoms with van der Waals surface area (Å²) in [6.07, 6.45) is 0.946. The fourth-order valence-corrected chi connectivity index (χ4v) is 4.12. The van der Waals surface area contributed by atoms with Crippen LogP contribution in [0.5, 0.6) is 0 Å². The highest BCUT2D eigenvalue weighted by Gasteiger charge is 2.66. The number of aromatic nitrogens is 2. The molecule has 0 saturated heterocycles.